The molecule has 52 valence electrons. The Morgan fingerprint density at radius 2 is 2.33 bits per heavy atom. The minimum Gasteiger partial charge on any atom is -0.380 e. The molecule has 1 rings (SSSR count). The van der Waals surface area contributed by atoms with Gasteiger partial charge in [0.2, 0.25) is 0 Å². The Hall–Kier alpha value is -0.0500. The number of hydrogen-bond acceptors (Lipinski definition) is 4. The van der Waals surface area contributed by atoms with Crippen LogP contribution in [0.4, 0.5) is 0 Å². The van der Waals surface area contributed by atoms with Crippen LogP contribution in [-0.2, 0) is 18.4 Å². The first-order valence-corrected chi connectivity index (χ1v) is 4.71. The standard InChI is InChI=1S/C3H4ClO4P/c4-9(6)7-2-1-3(5)8-9/h1-2H2. The summed E-state index contributed by atoms with van der Waals surface area (Å²) in [6, 6.07) is 0. The van der Waals surface area contributed by atoms with Crippen LogP contribution in [0.5, 0.6) is 0 Å². The summed E-state index contributed by atoms with van der Waals surface area (Å²) < 4.78 is 19.1. The second-order valence-electron chi connectivity index (χ2n) is 1.48. The van der Waals surface area contributed by atoms with Crippen LogP contribution >= 0.6 is 18.2 Å². The van der Waals surface area contributed by atoms with E-state index < -0.39 is 12.9 Å². The normalized spacial score (nSPS) is 35.9. The molecule has 6 heteroatoms. The van der Waals surface area contributed by atoms with E-state index in [0.29, 0.717) is 0 Å². The summed E-state index contributed by atoms with van der Waals surface area (Å²) in [5.74, 6) is -0.570. The van der Waals surface area contributed by atoms with Crippen molar-refractivity contribution in [2.45, 2.75) is 6.42 Å². The number of carbonyl (C=O) groups is 1. The maximum absolute atomic E-state index is 10.5. The maximum atomic E-state index is 10.5. The third kappa shape index (κ3) is 1.97. The van der Waals surface area contributed by atoms with Gasteiger partial charge in [0.15, 0.2) is 0 Å². The molecule has 4 nitrogen and oxygen atoms in total. The number of carbonyl (C=O) groups excluding carboxylic acids is 1. The smallest absolute Gasteiger partial charge is 0.380 e. The van der Waals surface area contributed by atoms with Crippen molar-refractivity contribution in [3.05, 3.63) is 0 Å². The van der Waals surface area contributed by atoms with Gasteiger partial charge in [-0.3, -0.25) is 9.32 Å². The fraction of sp³-hybridized carbons (Fsp3) is 0.667. The van der Waals surface area contributed by atoms with Gasteiger partial charge < -0.3 is 4.52 Å². The molecule has 0 bridgehead atoms. The zero-order valence-corrected chi connectivity index (χ0v) is 6.02. The van der Waals surface area contributed by atoms with Crippen LogP contribution in [0.25, 0.3) is 0 Å². The van der Waals surface area contributed by atoms with Gasteiger partial charge in [-0.25, -0.2) is 4.57 Å². The van der Waals surface area contributed by atoms with Gasteiger partial charge in [0.25, 0.3) is 0 Å². The molecule has 0 amide bonds. The second kappa shape index (κ2) is 2.29. The summed E-state index contributed by atoms with van der Waals surface area (Å²) in [7, 11) is 0. The maximum Gasteiger partial charge on any atom is 0.478 e. The van der Waals surface area contributed by atoms with Crippen LogP contribution in [0.15, 0.2) is 0 Å². The van der Waals surface area contributed by atoms with E-state index in [9.17, 15) is 9.36 Å². The molecule has 1 aliphatic heterocycles. The van der Waals surface area contributed by atoms with Gasteiger partial charge in [-0.05, 0) is 0 Å². The molecule has 1 saturated heterocycles. The van der Waals surface area contributed by atoms with Crippen molar-refractivity contribution in [2.24, 2.45) is 0 Å². The average Bonchev–Trinajstić information content (AvgIpc) is 1.60. The van der Waals surface area contributed by atoms with Crippen LogP contribution in [0.2, 0.25) is 0 Å². The molecular weight excluding hydrogens is 166 g/mol. The molecule has 0 N–H and O–H groups in total. The minimum atomic E-state index is -3.52. The number of halogens is 1. The molecule has 1 fully saturated rings. The largest absolute Gasteiger partial charge is 0.478 e. The summed E-state index contributed by atoms with van der Waals surface area (Å²) in [5, 5.41) is 0. The monoisotopic (exact) mass is 170 g/mol. The Balaban J connectivity index is 2.62. The lowest BCUT2D eigenvalue weighted by molar-refractivity contribution is -0.137. The molecule has 0 radical (unpaired) electrons. The first-order chi connectivity index (χ1) is 4.10. The topological polar surface area (TPSA) is 52.6 Å². The molecule has 1 atom stereocenters. The highest BCUT2D eigenvalue weighted by Gasteiger charge is 2.30. The molecule has 1 heterocycles. The lowest BCUT2D eigenvalue weighted by Gasteiger charge is -2.15. The third-order valence-electron chi connectivity index (χ3n) is 0.763. The molecular formula is C3H4ClO4P. The van der Waals surface area contributed by atoms with Gasteiger partial charge in [-0.15, -0.1) is 0 Å². The van der Waals surface area contributed by atoms with E-state index in [-0.39, 0.29) is 13.0 Å². The van der Waals surface area contributed by atoms with E-state index in [0.717, 1.165) is 0 Å². The minimum absolute atomic E-state index is 0.0829. The molecule has 0 spiro atoms. The van der Waals surface area contributed by atoms with Crippen molar-refractivity contribution >= 4 is 24.2 Å². The van der Waals surface area contributed by atoms with Crippen molar-refractivity contribution in [1.82, 2.24) is 0 Å². The van der Waals surface area contributed by atoms with Crippen molar-refractivity contribution in [3.8, 4) is 0 Å². The van der Waals surface area contributed by atoms with Crippen molar-refractivity contribution in [3.63, 3.8) is 0 Å². The van der Waals surface area contributed by atoms with Crippen molar-refractivity contribution in [2.75, 3.05) is 6.61 Å². The van der Waals surface area contributed by atoms with Crippen molar-refractivity contribution in [1.29, 1.82) is 0 Å². The molecule has 0 aromatic rings. The Kier molecular flexibility index (Phi) is 1.80. The Bertz CT molecular complexity index is 179. The molecule has 0 saturated carbocycles. The Morgan fingerprint density at radius 3 is 2.67 bits per heavy atom. The molecule has 1 aliphatic rings. The van der Waals surface area contributed by atoms with E-state index in [2.05, 4.69) is 9.05 Å². The van der Waals surface area contributed by atoms with Crippen LogP contribution in [-0.4, -0.2) is 12.6 Å². The molecule has 1 unspecified atom stereocenters. The average molecular weight is 170 g/mol. The van der Waals surface area contributed by atoms with Gasteiger partial charge >= 0.3 is 12.9 Å². The highest BCUT2D eigenvalue weighted by Crippen LogP contribution is 2.55. The van der Waals surface area contributed by atoms with Crippen LogP contribution in [0.3, 0.4) is 0 Å². The fourth-order valence-electron chi connectivity index (χ4n) is 0.432. The van der Waals surface area contributed by atoms with E-state index in [1.807, 2.05) is 0 Å². The van der Waals surface area contributed by atoms with E-state index in [1.54, 1.807) is 0 Å². The van der Waals surface area contributed by atoms with Gasteiger partial charge in [0.05, 0.1) is 13.0 Å². The summed E-state index contributed by atoms with van der Waals surface area (Å²) in [6.07, 6.45) is 0.122. The summed E-state index contributed by atoms with van der Waals surface area (Å²) >= 11 is 5.06. The zero-order chi connectivity index (χ0) is 6.91. The highest BCUT2D eigenvalue weighted by atomic mass is 35.7. The molecule has 0 aliphatic carbocycles. The zero-order valence-electron chi connectivity index (χ0n) is 4.37. The molecule has 9 heavy (non-hydrogen) atoms. The Labute approximate surface area is 56.4 Å². The number of hydrogen-bond donors (Lipinski definition) is 0. The van der Waals surface area contributed by atoms with Gasteiger partial charge in [0.1, 0.15) is 0 Å². The number of rotatable bonds is 0. The second-order valence-corrected chi connectivity index (χ2v) is 4.02. The quantitative estimate of drug-likeness (QED) is 0.514. The predicted octanol–water partition coefficient (Wildman–Crippen LogP) is 1.30. The first-order valence-electron chi connectivity index (χ1n) is 2.27. The summed E-state index contributed by atoms with van der Waals surface area (Å²) in [5.41, 5.74) is 0. The molecule has 0 aromatic heterocycles. The van der Waals surface area contributed by atoms with Gasteiger partial charge in [0, 0.05) is 11.2 Å². The third-order valence-corrected chi connectivity index (χ3v) is 2.18. The van der Waals surface area contributed by atoms with Crippen LogP contribution < -0.4 is 0 Å². The summed E-state index contributed by atoms with van der Waals surface area (Å²) in [6.45, 7) is -3.44. The lowest BCUT2D eigenvalue weighted by Crippen LogP contribution is -2.11. The summed E-state index contributed by atoms with van der Waals surface area (Å²) in [4.78, 5) is 10.3. The lowest BCUT2D eigenvalue weighted by atomic mass is 10.5. The van der Waals surface area contributed by atoms with E-state index >= 15 is 0 Å². The predicted molar refractivity (Wildman–Crippen MR) is 30.1 cm³/mol. The first kappa shape index (κ1) is 7.06. The Morgan fingerprint density at radius 1 is 1.67 bits per heavy atom. The van der Waals surface area contributed by atoms with Crippen molar-refractivity contribution < 1.29 is 18.4 Å². The van der Waals surface area contributed by atoms with E-state index in [1.165, 1.54) is 0 Å². The highest BCUT2D eigenvalue weighted by molar-refractivity contribution is 7.81. The fourth-order valence-corrected chi connectivity index (χ4v) is 1.57. The van der Waals surface area contributed by atoms with Gasteiger partial charge in [-0.2, -0.15) is 0 Å². The SMILES string of the molecule is O=C1CCOP(=O)(Cl)O1. The van der Waals surface area contributed by atoms with Gasteiger partial charge in [-0.1, -0.05) is 0 Å². The van der Waals surface area contributed by atoms with E-state index in [4.69, 9.17) is 11.2 Å². The van der Waals surface area contributed by atoms with Crippen LogP contribution in [0.1, 0.15) is 6.42 Å². The molecule has 0 aromatic carbocycles. The van der Waals surface area contributed by atoms with Crippen LogP contribution in [0, 0.1) is 0 Å².